The van der Waals surface area contributed by atoms with Crippen molar-refractivity contribution in [1.82, 2.24) is 0 Å². The predicted molar refractivity (Wildman–Crippen MR) is 65.8 cm³/mol. The number of carbonyl (C=O) groups excluding carboxylic acids is 1. The van der Waals surface area contributed by atoms with Crippen LogP contribution >= 0.6 is 11.3 Å². The van der Waals surface area contributed by atoms with Crippen LogP contribution in [0.4, 0.5) is 14.5 Å². The molecule has 0 fully saturated rings. The van der Waals surface area contributed by atoms with Gasteiger partial charge in [-0.2, -0.15) is 0 Å². The Bertz CT molecular complexity index is 623. The van der Waals surface area contributed by atoms with Crippen molar-refractivity contribution in [3.63, 3.8) is 0 Å². The van der Waals surface area contributed by atoms with Crippen molar-refractivity contribution >= 4 is 22.9 Å². The van der Waals surface area contributed by atoms with Crippen LogP contribution in [0.25, 0.3) is 0 Å². The van der Waals surface area contributed by atoms with Crippen LogP contribution in [0.2, 0.25) is 0 Å². The van der Waals surface area contributed by atoms with Crippen LogP contribution in [0.15, 0.2) is 29.6 Å². The van der Waals surface area contributed by atoms with E-state index in [-0.39, 0.29) is 17.9 Å². The number of carbonyl (C=O) groups is 1. The Labute approximate surface area is 106 Å². The van der Waals surface area contributed by atoms with Gasteiger partial charge in [0.1, 0.15) is 0 Å². The van der Waals surface area contributed by atoms with Crippen molar-refractivity contribution in [2.24, 2.45) is 0 Å². The van der Waals surface area contributed by atoms with Gasteiger partial charge in [-0.25, -0.2) is 8.78 Å². The molecular weight excluding hydrogens is 256 g/mol. The molecule has 1 aromatic carbocycles. The van der Waals surface area contributed by atoms with Crippen LogP contribution in [-0.4, -0.2) is 5.91 Å². The van der Waals surface area contributed by atoms with Gasteiger partial charge in [0.05, 0.1) is 5.69 Å². The Morgan fingerprint density at radius 2 is 2.11 bits per heavy atom. The minimum absolute atomic E-state index is 0.147. The zero-order chi connectivity index (χ0) is 12.7. The first-order chi connectivity index (χ1) is 8.66. The lowest BCUT2D eigenvalue weighted by Crippen LogP contribution is -2.22. The Hall–Kier alpha value is -1.75. The molecular formula is C13H9F2NOS. The van der Waals surface area contributed by atoms with Gasteiger partial charge in [0.2, 0.25) is 5.91 Å². The van der Waals surface area contributed by atoms with E-state index in [1.807, 2.05) is 5.38 Å². The molecule has 0 bridgehead atoms. The van der Waals surface area contributed by atoms with Gasteiger partial charge in [-0.1, -0.05) is 12.1 Å². The summed E-state index contributed by atoms with van der Waals surface area (Å²) in [4.78, 5) is 12.5. The Balaban J connectivity index is 2.13. The number of anilines is 1. The van der Waals surface area contributed by atoms with Gasteiger partial charge in [-0.05, 0) is 23.1 Å². The number of hydrogen-bond acceptors (Lipinski definition) is 2. The number of thiophene rings is 1. The van der Waals surface area contributed by atoms with Gasteiger partial charge in [-0.3, -0.25) is 4.79 Å². The maximum absolute atomic E-state index is 13.8. The number of hydrogen-bond donors (Lipinski definition) is 1. The molecule has 0 saturated heterocycles. The van der Waals surface area contributed by atoms with Crippen molar-refractivity contribution in [3.8, 4) is 0 Å². The third-order valence-electron chi connectivity index (χ3n) is 3.03. The molecule has 1 amide bonds. The normalized spacial score (nSPS) is 18.3. The van der Waals surface area contributed by atoms with Crippen LogP contribution in [0.5, 0.6) is 0 Å². The Kier molecular flexibility index (Phi) is 2.63. The van der Waals surface area contributed by atoms with Crippen molar-refractivity contribution in [2.75, 3.05) is 5.32 Å². The molecule has 1 aromatic heterocycles. The van der Waals surface area contributed by atoms with E-state index in [2.05, 4.69) is 5.32 Å². The van der Waals surface area contributed by atoms with E-state index >= 15 is 0 Å². The summed E-state index contributed by atoms with van der Waals surface area (Å²) < 4.78 is 27.1. The topological polar surface area (TPSA) is 29.1 Å². The molecule has 1 unspecified atom stereocenters. The molecule has 3 rings (SSSR count). The second-order valence-corrected chi connectivity index (χ2v) is 5.09. The fraction of sp³-hybridized carbons (Fsp3) is 0.154. The van der Waals surface area contributed by atoms with Crippen LogP contribution in [0, 0.1) is 11.6 Å². The van der Waals surface area contributed by atoms with Gasteiger partial charge in [0.25, 0.3) is 0 Å². The standard InChI is InChI=1S/C13H9F2NOS/c14-9-3-1-2-7(12(9)15)8-6-11(17)16-10-4-5-18-13(8)10/h1-5,8H,6H2,(H,16,17). The summed E-state index contributed by atoms with van der Waals surface area (Å²) in [5.74, 6) is -2.31. The molecule has 2 nitrogen and oxygen atoms in total. The molecule has 1 aliphatic heterocycles. The number of rotatable bonds is 1. The van der Waals surface area contributed by atoms with E-state index in [0.29, 0.717) is 5.69 Å². The van der Waals surface area contributed by atoms with E-state index in [9.17, 15) is 13.6 Å². The van der Waals surface area contributed by atoms with E-state index in [4.69, 9.17) is 0 Å². The predicted octanol–water partition coefficient (Wildman–Crippen LogP) is 3.50. The van der Waals surface area contributed by atoms with Crippen LogP contribution in [0.3, 0.4) is 0 Å². The quantitative estimate of drug-likeness (QED) is 0.840. The van der Waals surface area contributed by atoms with Crippen LogP contribution in [0.1, 0.15) is 22.8 Å². The highest BCUT2D eigenvalue weighted by Gasteiger charge is 2.30. The van der Waals surface area contributed by atoms with E-state index < -0.39 is 17.6 Å². The average molecular weight is 265 g/mol. The summed E-state index contributed by atoms with van der Waals surface area (Å²) in [5, 5.41) is 4.56. The monoisotopic (exact) mass is 265 g/mol. The van der Waals surface area contributed by atoms with Crippen molar-refractivity contribution < 1.29 is 13.6 Å². The number of nitrogens with one attached hydrogen (secondary N) is 1. The molecule has 1 atom stereocenters. The highest BCUT2D eigenvalue weighted by Crippen LogP contribution is 2.41. The summed E-state index contributed by atoms with van der Waals surface area (Å²) in [5.41, 5.74) is 0.943. The molecule has 1 N–H and O–H groups in total. The zero-order valence-corrected chi connectivity index (χ0v) is 10.1. The Morgan fingerprint density at radius 1 is 1.28 bits per heavy atom. The minimum atomic E-state index is -0.878. The number of amides is 1. The Morgan fingerprint density at radius 3 is 2.94 bits per heavy atom. The largest absolute Gasteiger partial charge is 0.325 e. The van der Waals surface area contributed by atoms with Crippen molar-refractivity contribution in [1.29, 1.82) is 0 Å². The second-order valence-electron chi connectivity index (χ2n) is 4.15. The summed E-state index contributed by atoms with van der Waals surface area (Å²) in [6, 6.07) is 5.86. The molecule has 18 heavy (non-hydrogen) atoms. The SMILES string of the molecule is O=C1CC(c2cccc(F)c2F)c2sccc2N1. The second kappa shape index (κ2) is 4.17. The highest BCUT2D eigenvalue weighted by molar-refractivity contribution is 7.10. The summed E-state index contributed by atoms with van der Waals surface area (Å²) in [6.07, 6.45) is 0.147. The van der Waals surface area contributed by atoms with E-state index in [1.165, 1.54) is 23.5 Å². The lowest BCUT2D eigenvalue weighted by atomic mass is 9.90. The van der Waals surface area contributed by atoms with Crippen molar-refractivity contribution in [3.05, 3.63) is 51.7 Å². The van der Waals surface area contributed by atoms with Crippen LogP contribution in [-0.2, 0) is 4.79 Å². The lowest BCUT2D eigenvalue weighted by Gasteiger charge is -2.23. The summed E-state index contributed by atoms with van der Waals surface area (Å²) >= 11 is 1.44. The first-order valence-electron chi connectivity index (χ1n) is 5.48. The number of benzene rings is 1. The van der Waals surface area contributed by atoms with E-state index in [1.54, 1.807) is 6.07 Å². The van der Waals surface area contributed by atoms with Crippen molar-refractivity contribution in [2.45, 2.75) is 12.3 Å². The number of halogens is 2. The van der Waals surface area contributed by atoms with Gasteiger partial charge < -0.3 is 5.32 Å². The summed E-state index contributed by atoms with van der Waals surface area (Å²) in [6.45, 7) is 0. The third kappa shape index (κ3) is 1.71. The maximum Gasteiger partial charge on any atom is 0.225 e. The molecule has 2 heterocycles. The molecule has 0 aliphatic carbocycles. The lowest BCUT2D eigenvalue weighted by molar-refractivity contribution is -0.116. The molecule has 0 radical (unpaired) electrons. The molecule has 2 aromatic rings. The van der Waals surface area contributed by atoms with Gasteiger partial charge in [-0.15, -0.1) is 11.3 Å². The van der Waals surface area contributed by atoms with Crippen LogP contribution < -0.4 is 5.32 Å². The first-order valence-corrected chi connectivity index (χ1v) is 6.36. The molecule has 0 saturated carbocycles. The van der Waals surface area contributed by atoms with E-state index in [0.717, 1.165) is 10.9 Å². The summed E-state index contributed by atoms with van der Waals surface area (Å²) in [7, 11) is 0. The fourth-order valence-corrected chi connectivity index (χ4v) is 3.19. The van der Waals surface area contributed by atoms with Gasteiger partial charge >= 0.3 is 0 Å². The third-order valence-corrected chi connectivity index (χ3v) is 4.06. The highest BCUT2D eigenvalue weighted by atomic mass is 32.1. The first kappa shape index (κ1) is 11.3. The van der Waals surface area contributed by atoms with Gasteiger partial charge in [0, 0.05) is 17.2 Å². The average Bonchev–Trinajstić information content (AvgIpc) is 2.79. The number of fused-ring (bicyclic) bond motifs is 1. The van der Waals surface area contributed by atoms with Gasteiger partial charge in [0.15, 0.2) is 11.6 Å². The molecule has 92 valence electrons. The fourth-order valence-electron chi connectivity index (χ4n) is 2.21. The minimum Gasteiger partial charge on any atom is -0.325 e. The maximum atomic E-state index is 13.8. The molecule has 5 heteroatoms. The molecule has 1 aliphatic rings. The zero-order valence-electron chi connectivity index (χ0n) is 9.24. The molecule has 0 spiro atoms. The smallest absolute Gasteiger partial charge is 0.225 e.